The van der Waals surface area contributed by atoms with Gasteiger partial charge in [-0.15, -0.1) is 0 Å². The van der Waals surface area contributed by atoms with E-state index in [9.17, 15) is 21.6 Å². The van der Waals surface area contributed by atoms with Crippen LogP contribution in [0, 0.1) is 17.8 Å². The van der Waals surface area contributed by atoms with E-state index in [4.69, 9.17) is 5.53 Å². The molecule has 0 spiro atoms. The van der Waals surface area contributed by atoms with E-state index in [2.05, 4.69) is 14.2 Å². The number of fused-ring (bicyclic) bond motifs is 1. The van der Waals surface area contributed by atoms with Gasteiger partial charge in [0.2, 0.25) is 0 Å². The smallest absolute Gasteiger partial charge is 0.259 e. The van der Waals surface area contributed by atoms with Crippen LogP contribution < -0.4 is 0 Å². The molecule has 0 amide bonds. The molecule has 2 fully saturated rings. The van der Waals surface area contributed by atoms with Crippen LogP contribution in [0.3, 0.4) is 0 Å². The first-order valence-electron chi connectivity index (χ1n) is 5.60. The minimum atomic E-state index is -5.67. The molecule has 0 aliphatic heterocycles. The molecule has 5 unspecified atom stereocenters. The van der Waals surface area contributed by atoms with Crippen molar-refractivity contribution in [1.82, 2.24) is 0 Å². The van der Waals surface area contributed by atoms with Gasteiger partial charge in [-0.05, 0) is 29.7 Å². The fourth-order valence-corrected chi connectivity index (χ4v) is 3.83. The molecular weight excluding hydrogens is 287 g/mol. The van der Waals surface area contributed by atoms with Gasteiger partial charge in [0, 0.05) is 4.91 Å². The van der Waals surface area contributed by atoms with E-state index in [1.807, 2.05) is 6.92 Å². The Kier molecular flexibility index (Phi) is 3.04. The predicted molar refractivity (Wildman–Crippen MR) is 58.2 cm³/mol. The first-order chi connectivity index (χ1) is 8.54. The Morgan fingerprint density at radius 3 is 2.53 bits per heavy atom. The first kappa shape index (κ1) is 14.4. The normalized spacial score (nSPS) is 41.5. The van der Waals surface area contributed by atoms with Crippen LogP contribution in [-0.2, 0) is 14.3 Å². The maximum absolute atomic E-state index is 12.3. The summed E-state index contributed by atoms with van der Waals surface area (Å²) in [6.45, 7) is 3.33. The molecule has 19 heavy (non-hydrogen) atoms. The summed E-state index contributed by atoms with van der Waals surface area (Å²) < 4.78 is 63.2. The highest BCUT2D eigenvalue weighted by Gasteiger charge is 2.67. The van der Waals surface area contributed by atoms with Gasteiger partial charge in [-0.25, -0.2) is 0 Å². The lowest BCUT2D eigenvalue weighted by atomic mass is 9.91. The van der Waals surface area contributed by atoms with Crippen molar-refractivity contribution in [3.63, 3.8) is 0 Å². The third-order valence-corrected chi connectivity index (χ3v) is 5.21. The molecular formula is C9H12F3N3O3S. The average molecular weight is 299 g/mol. The molecule has 0 aromatic carbocycles. The summed E-state index contributed by atoms with van der Waals surface area (Å²) in [7, 11) is -5.67. The van der Waals surface area contributed by atoms with E-state index < -0.39 is 27.3 Å². The summed E-state index contributed by atoms with van der Waals surface area (Å²) >= 11 is 0. The zero-order valence-corrected chi connectivity index (χ0v) is 10.9. The minimum Gasteiger partial charge on any atom is -0.259 e. The molecule has 5 atom stereocenters. The Morgan fingerprint density at radius 1 is 1.47 bits per heavy atom. The zero-order chi connectivity index (χ0) is 14.6. The standard InChI is InChI=1S/C9H12F3N3O3S/c1-4-5-3-6(8(2,7(4)5)14-15-13)18-19(16,17)9(10,11)12/h4-7H,3H2,1-2H3. The van der Waals surface area contributed by atoms with Crippen molar-refractivity contribution in [3.05, 3.63) is 10.4 Å². The predicted octanol–water partition coefficient (Wildman–Crippen LogP) is 2.58. The van der Waals surface area contributed by atoms with Gasteiger partial charge < -0.3 is 0 Å². The van der Waals surface area contributed by atoms with Crippen LogP contribution in [0.4, 0.5) is 13.2 Å². The lowest BCUT2D eigenvalue weighted by Crippen LogP contribution is -2.42. The van der Waals surface area contributed by atoms with Gasteiger partial charge in [0.25, 0.3) is 0 Å². The maximum Gasteiger partial charge on any atom is 0.523 e. The van der Waals surface area contributed by atoms with Gasteiger partial charge in [0.1, 0.15) is 0 Å². The molecule has 6 nitrogen and oxygen atoms in total. The Labute approximate surface area is 107 Å². The van der Waals surface area contributed by atoms with E-state index in [-0.39, 0.29) is 24.2 Å². The van der Waals surface area contributed by atoms with Crippen molar-refractivity contribution >= 4 is 10.1 Å². The second kappa shape index (κ2) is 4.00. The van der Waals surface area contributed by atoms with E-state index in [1.165, 1.54) is 6.92 Å². The van der Waals surface area contributed by atoms with Gasteiger partial charge in [0.15, 0.2) is 0 Å². The number of halogens is 3. The third kappa shape index (κ3) is 2.07. The lowest BCUT2D eigenvalue weighted by molar-refractivity contribution is -0.0598. The SMILES string of the molecule is CC1C2CC(OS(=O)(=O)C(F)(F)F)C(C)(N=[N+]=[N-])C12. The Morgan fingerprint density at radius 2 is 2.05 bits per heavy atom. The zero-order valence-electron chi connectivity index (χ0n) is 10.1. The number of alkyl halides is 3. The Balaban J connectivity index is 2.26. The van der Waals surface area contributed by atoms with Crippen LogP contribution in [0.5, 0.6) is 0 Å². The number of hydrogen-bond acceptors (Lipinski definition) is 4. The summed E-state index contributed by atoms with van der Waals surface area (Å²) in [5.74, 6) is 0.115. The molecule has 10 heteroatoms. The summed E-state index contributed by atoms with van der Waals surface area (Å²) in [6.07, 6.45) is -1.11. The van der Waals surface area contributed by atoms with Gasteiger partial charge in [-0.2, -0.15) is 21.6 Å². The van der Waals surface area contributed by atoms with Crippen molar-refractivity contribution in [2.45, 2.75) is 37.4 Å². The largest absolute Gasteiger partial charge is 0.523 e. The van der Waals surface area contributed by atoms with Crippen molar-refractivity contribution < 1.29 is 25.8 Å². The molecule has 0 N–H and O–H groups in total. The topological polar surface area (TPSA) is 92.1 Å². The molecule has 0 saturated heterocycles. The molecule has 0 aromatic heterocycles. The van der Waals surface area contributed by atoms with E-state index in [0.29, 0.717) is 0 Å². The van der Waals surface area contributed by atoms with Crippen LogP contribution in [0.25, 0.3) is 10.4 Å². The average Bonchev–Trinajstić information content (AvgIpc) is 2.76. The summed E-state index contributed by atoms with van der Waals surface area (Å²) in [6, 6.07) is 0. The second-order valence-electron chi connectivity index (χ2n) is 5.18. The molecule has 2 aliphatic rings. The van der Waals surface area contributed by atoms with Crippen molar-refractivity contribution in [3.8, 4) is 0 Å². The number of azide groups is 1. The molecule has 2 aliphatic carbocycles. The monoisotopic (exact) mass is 299 g/mol. The highest BCUT2D eigenvalue weighted by Crippen LogP contribution is 2.64. The fourth-order valence-electron chi connectivity index (χ4n) is 3.14. The van der Waals surface area contributed by atoms with Crippen molar-refractivity contribution in [2.24, 2.45) is 22.9 Å². The molecule has 0 heterocycles. The lowest BCUT2D eigenvalue weighted by Gasteiger charge is -2.29. The van der Waals surface area contributed by atoms with E-state index >= 15 is 0 Å². The maximum atomic E-state index is 12.3. The van der Waals surface area contributed by atoms with Crippen LogP contribution in [0.15, 0.2) is 5.11 Å². The van der Waals surface area contributed by atoms with Gasteiger partial charge in [0.05, 0.1) is 11.6 Å². The third-order valence-electron chi connectivity index (χ3n) is 4.16. The molecule has 108 valence electrons. The quantitative estimate of drug-likeness (QED) is 0.263. The summed E-state index contributed by atoms with van der Waals surface area (Å²) in [4.78, 5) is 2.61. The van der Waals surface area contributed by atoms with E-state index in [0.717, 1.165) is 0 Å². The molecule has 0 bridgehead atoms. The van der Waals surface area contributed by atoms with E-state index in [1.54, 1.807) is 0 Å². The molecule has 2 rings (SSSR count). The van der Waals surface area contributed by atoms with Gasteiger partial charge in [-0.1, -0.05) is 19.0 Å². The highest BCUT2D eigenvalue weighted by atomic mass is 32.2. The summed E-state index contributed by atoms with van der Waals surface area (Å²) in [5, 5.41) is 3.50. The summed E-state index contributed by atoms with van der Waals surface area (Å²) in [5.41, 5.74) is 1.80. The van der Waals surface area contributed by atoms with Crippen LogP contribution >= 0.6 is 0 Å². The number of rotatable bonds is 3. The number of hydrogen-bond donors (Lipinski definition) is 0. The Hall–Kier alpha value is -0.990. The Bertz CT molecular complexity index is 543. The highest BCUT2D eigenvalue weighted by molar-refractivity contribution is 7.87. The van der Waals surface area contributed by atoms with Crippen molar-refractivity contribution in [1.29, 1.82) is 0 Å². The minimum absolute atomic E-state index is 0.0453. The molecule has 0 radical (unpaired) electrons. The van der Waals surface area contributed by atoms with Gasteiger partial charge >= 0.3 is 15.6 Å². The van der Waals surface area contributed by atoms with Crippen LogP contribution in [0.1, 0.15) is 20.3 Å². The van der Waals surface area contributed by atoms with Crippen LogP contribution in [-0.4, -0.2) is 25.6 Å². The van der Waals surface area contributed by atoms with Crippen molar-refractivity contribution in [2.75, 3.05) is 0 Å². The number of nitrogens with zero attached hydrogens (tertiary/aromatic N) is 3. The molecule has 2 saturated carbocycles. The first-order valence-corrected chi connectivity index (χ1v) is 7.01. The molecule has 0 aromatic rings. The second-order valence-corrected chi connectivity index (χ2v) is 6.75. The van der Waals surface area contributed by atoms with Crippen LogP contribution in [0.2, 0.25) is 0 Å². The van der Waals surface area contributed by atoms with Gasteiger partial charge in [-0.3, -0.25) is 4.18 Å². The fraction of sp³-hybridized carbons (Fsp3) is 1.00.